The second-order valence-electron chi connectivity index (χ2n) is 6.34. The van der Waals surface area contributed by atoms with Crippen molar-refractivity contribution in [2.24, 2.45) is 5.73 Å². The number of nitrogens with two attached hydrogens (primary N) is 1. The quantitative estimate of drug-likeness (QED) is 0.489. The molecule has 0 saturated carbocycles. The monoisotopic (exact) mass is 424 g/mol. The van der Waals surface area contributed by atoms with Crippen LogP contribution in [-0.4, -0.2) is 33.8 Å². The number of benzene rings is 1. The van der Waals surface area contributed by atoms with E-state index in [2.05, 4.69) is 43.1 Å². The molecule has 1 atom stereocenters. The van der Waals surface area contributed by atoms with E-state index in [0.29, 0.717) is 6.41 Å². The summed E-state index contributed by atoms with van der Waals surface area (Å²) >= 11 is 0. The van der Waals surface area contributed by atoms with E-state index in [9.17, 15) is 0 Å². The minimum Gasteiger partial charge on any atom is -0.498 e. The number of nitrogens with one attached hydrogen (secondary N) is 1. The summed E-state index contributed by atoms with van der Waals surface area (Å²) in [5, 5.41) is 2.25. The smallest absolute Gasteiger partial charge is 0.206 e. The average molecular weight is 425 g/mol. The van der Waals surface area contributed by atoms with Gasteiger partial charge in [-0.25, -0.2) is 0 Å². The Morgan fingerprint density at radius 2 is 1.90 bits per heavy atom. The van der Waals surface area contributed by atoms with Crippen molar-refractivity contribution in [1.29, 1.82) is 0 Å². The molecule has 0 spiro atoms. The van der Waals surface area contributed by atoms with Gasteiger partial charge in [0.2, 0.25) is 6.41 Å². The largest absolute Gasteiger partial charge is 0.498 e. The van der Waals surface area contributed by atoms with Gasteiger partial charge < -0.3 is 20.5 Å². The van der Waals surface area contributed by atoms with Gasteiger partial charge in [-0.2, -0.15) is 0 Å². The van der Waals surface area contributed by atoms with Gasteiger partial charge in [0.15, 0.2) is 0 Å². The van der Waals surface area contributed by atoms with Gasteiger partial charge in [0.1, 0.15) is 11.9 Å². The highest BCUT2D eigenvalue weighted by molar-refractivity contribution is 5.57. The third kappa shape index (κ3) is 10.9. The third-order valence-electron chi connectivity index (χ3n) is 4.26. The molecule has 3 N–H and O–H groups in total. The van der Waals surface area contributed by atoms with Crippen LogP contribution in [-0.2, 0) is 14.3 Å². The second kappa shape index (κ2) is 17.5. The lowest BCUT2D eigenvalue weighted by molar-refractivity contribution is -0.109. The fourth-order valence-electron chi connectivity index (χ4n) is 2.71. The van der Waals surface area contributed by atoms with E-state index < -0.39 is 0 Å². The highest BCUT2D eigenvalue weighted by atomic mass is 16.5. The Hall–Kier alpha value is -3.31. The minimum absolute atomic E-state index is 0.0121. The molecule has 168 valence electrons. The zero-order valence-electron chi connectivity index (χ0n) is 19.3. The number of methoxy groups -OCH3 is 2. The van der Waals surface area contributed by atoms with E-state index in [-0.39, 0.29) is 6.10 Å². The van der Waals surface area contributed by atoms with Crippen LogP contribution in [0.3, 0.4) is 0 Å². The number of rotatable bonds is 7. The Morgan fingerprint density at radius 1 is 1.26 bits per heavy atom. The Bertz CT molecular complexity index is 803. The van der Waals surface area contributed by atoms with Gasteiger partial charge in [-0.15, -0.1) is 0 Å². The first-order valence-electron chi connectivity index (χ1n) is 10.0. The van der Waals surface area contributed by atoms with Gasteiger partial charge in [0.05, 0.1) is 7.11 Å². The van der Waals surface area contributed by atoms with Crippen LogP contribution >= 0.6 is 0 Å². The summed E-state index contributed by atoms with van der Waals surface area (Å²) in [6.45, 7) is 7.95. The molecule has 0 aliphatic heterocycles. The molecule has 0 fully saturated rings. The molecule has 31 heavy (non-hydrogen) atoms. The van der Waals surface area contributed by atoms with Crippen LogP contribution in [0, 0.1) is 6.92 Å². The van der Waals surface area contributed by atoms with Crippen LogP contribution in [0.2, 0.25) is 0 Å². The lowest BCUT2D eigenvalue weighted by Gasteiger charge is -2.22. The number of carbonyl (C=O) groups is 1. The van der Waals surface area contributed by atoms with E-state index in [4.69, 9.17) is 20.0 Å². The first-order chi connectivity index (χ1) is 15.0. The van der Waals surface area contributed by atoms with Crippen LogP contribution in [0.15, 0.2) is 102 Å². The normalized spacial score (nSPS) is 16.0. The Kier molecular flexibility index (Phi) is 15.7. The van der Waals surface area contributed by atoms with E-state index in [1.165, 1.54) is 11.8 Å². The van der Waals surface area contributed by atoms with E-state index >= 15 is 0 Å². The van der Waals surface area contributed by atoms with Crippen molar-refractivity contribution in [1.82, 2.24) is 5.32 Å². The fourth-order valence-corrected chi connectivity index (χ4v) is 2.71. The van der Waals surface area contributed by atoms with Crippen LogP contribution < -0.4 is 11.1 Å². The minimum atomic E-state index is -0.0121. The Morgan fingerprint density at radius 3 is 2.29 bits per heavy atom. The lowest BCUT2D eigenvalue weighted by atomic mass is 9.91. The molecule has 1 aliphatic carbocycles. The topological polar surface area (TPSA) is 73.6 Å². The van der Waals surface area contributed by atoms with Crippen LogP contribution in [0.25, 0.3) is 0 Å². The third-order valence-corrected chi connectivity index (χ3v) is 4.26. The summed E-state index contributed by atoms with van der Waals surface area (Å²) in [6.07, 6.45) is 14.7. The zero-order chi connectivity index (χ0) is 23.5. The van der Waals surface area contributed by atoms with Crippen molar-refractivity contribution < 1.29 is 14.3 Å². The summed E-state index contributed by atoms with van der Waals surface area (Å²) in [5.41, 5.74) is 9.93. The molecule has 1 amide bonds. The number of aryl methyl sites for hydroxylation is 1. The summed E-state index contributed by atoms with van der Waals surface area (Å²) in [4.78, 5) is 9.06. The van der Waals surface area contributed by atoms with Crippen molar-refractivity contribution in [3.63, 3.8) is 0 Å². The summed E-state index contributed by atoms with van der Waals surface area (Å²) < 4.78 is 10.8. The maximum absolute atomic E-state index is 9.06. The zero-order valence-corrected chi connectivity index (χ0v) is 19.3. The van der Waals surface area contributed by atoms with E-state index in [1.54, 1.807) is 27.3 Å². The first kappa shape index (κ1) is 27.7. The number of ether oxygens (including phenoxy) is 2. The van der Waals surface area contributed by atoms with Crippen molar-refractivity contribution in [3.05, 3.63) is 108 Å². The van der Waals surface area contributed by atoms with Crippen molar-refractivity contribution in [2.45, 2.75) is 26.4 Å². The summed E-state index contributed by atoms with van der Waals surface area (Å²) in [5.74, 6) is 0.835. The molecule has 0 aromatic heterocycles. The predicted molar refractivity (Wildman–Crippen MR) is 130 cm³/mol. The predicted octanol–water partition coefficient (Wildman–Crippen LogP) is 4.75. The molecule has 1 unspecified atom stereocenters. The van der Waals surface area contributed by atoms with Gasteiger partial charge in [-0.1, -0.05) is 66.8 Å². The van der Waals surface area contributed by atoms with E-state index in [0.717, 1.165) is 28.9 Å². The lowest BCUT2D eigenvalue weighted by Crippen LogP contribution is -2.18. The van der Waals surface area contributed by atoms with Crippen molar-refractivity contribution >= 4 is 6.41 Å². The molecular weight excluding hydrogens is 388 g/mol. The number of hydrogen-bond donors (Lipinski definition) is 2. The average Bonchev–Trinajstić information content (AvgIpc) is 2.82. The second-order valence-corrected chi connectivity index (χ2v) is 6.34. The molecule has 0 bridgehead atoms. The summed E-state index contributed by atoms with van der Waals surface area (Å²) in [7, 11) is 4.92. The van der Waals surface area contributed by atoms with E-state index in [1.807, 2.05) is 43.4 Å². The highest BCUT2D eigenvalue weighted by Gasteiger charge is 2.20. The van der Waals surface area contributed by atoms with Gasteiger partial charge in [0, 0.05) is 14.2 Å². The van der Waals surface area contributed by atoms with Gasteiger partial charge in [-0.3, -0.25) is 4.79 Å². The van der Waals surface area contributed by atoms with Gasteiger partial charge >= 0.3 is 0 Å². The van der Waals surface area contributed by atoms with Gasteiger partial charge in [-0.05, 0) is 55.3 Å². The SMILES string of the molecule is C=CC(=C\C=C/N)/C(=C/C)C1=CCC(OC)C(OC)=C1.CNC=O.Cc1ccccc1. The Labute approximate surface area is 187 Å². The maximum Gasteiger partial charge on any atom is 0.206 e. The molecular formula is C26H36N2O3. The molecule has 0 heterocycles. The van der Waals surface area contributed by atoms with Crippen molar-refractivity contribution in [3.8, 4) is 0 Å². The standard InChI is InChI=1S/C17H23NO2.C7H8.C2H5NO/c1-5-13(8-7-11-18)15(6-2)14-9-10-16(19-3)17(12-14)20-4;1-7-5-3-2-4-6-7;1-3-2-4/h5-9,11-12,16H,1,10,18H2,2-4H3;2-6H,1H3;2H,1H3,(H,3,4)/b11-7-,13-8+,15-6-;;. The van der Waals surface area contributed by atoms with Gasteiger partial charge in [0.25, 0.3) is 0 Å². The Balaban J connectivity index is 0.000000666. The van der Waals surface area contributed by atoms with Crippen molar-refractivity contribution in [2.75, 3.05) is 21.3 Å². The molecule has 1 aromatic carbocycles. The first-order valence-corrected chi connectivity index (χ1v) is 10.0. The molecule has 1 aromatic rings. The molecule has 0 saturated heterocycles. The number of hydrogen-bond acceptors (Lipinski definition) is 4. The summed E-state index contributed by atoms with van der Waals surface area (Å²) in [6, 6.07) is 10.3. The number of carbonyl (C=O) groups excluding carboxylic acids is 1. The fraction of sp³-hybridized carbons (Fsp3) is 0.269. The molecule has 5 nitrogen and oxygen atoms in total. The van der Waals surface area contributed by atoms with Crippen LogP contribution in [0.5, 0.6) is 0 Å². The van der Waals surface area contributed by atoms with Crippen LogP contribution in [0.4, 0.5) is 0 Å². The highest BCUT2D eigenvalue weighted by Crippen LogP contribution is 2.29. The number of amides is 1. The number of allylic oxidation sites excluding steroid dienone is 8. The molecule has 5 heteroatoms. The molecule has 2 rings (SSSR count). The van der Waals surface area contributed by atoms with Crippen LogP contribution in [0.1, 0.15) is 18.9 Å². The molecule has 0 radical (unpaired) electrons. The molecule has 1 aliphatic rings. The maximum atomic E-state index is 9.06.